The van der Waals surface area contributed by atoms with Gasteiger partial charge >= 0.3 is 5.97 Å². The Balaban J connectivity index is 3.20. The summed E-state index contributed by atoms with van der Waals surface area (Å²) in [6.07, 6.45) is 3.79. The topological polar surface area (TPSA) is 29.5 Å². The summed E-state index contributed by atoms with van der Waals surface area (Å²) in [6.45, 7) is 3.49. The molecule has 0 bridgehead atoms. The molecule has 0 aromatic carbocycles. The Morgan fingerprint density at radius 2 is 2.00 bits per heavy atom. The summed E-state index contributed by atoms with van der Waals surface area (Å²) in [4.78, 5) is 13.0. The molecule has 0 radical (unpaired) electrons. The first-order valence-corrected chi connectivity index (χ1v) is 4.97. The third kappa shape index (κ3) is 9.34. The van der Waals surface area contributed by atoms with Crippen molar-refractivity contribution in [2.75, 3.05) is 27.2 Å². The fourth-order valence-electron chi connectivity index (χ4n) is 0.925. The minimum atomic E-state index is -0.0789. The first-order valence-electron chi connectivity index (χ1n) is 4.97. The van der Waals surface area contributed by atoms with E-state index in [9.17, 15) is 4.79 Å². The molecule has 13 heavy (non-hydrogen) atoms. The molecular formula is C10H21NO2. The van der Waals surface area contributed by atoms with Crippen molar-refractivity contribution in [3.8, 4) is 0 Å². The van der Waals surface area contributed by atoms with E-state index in [-0.39, 0.29) is 5.97 Å². The van der Waals surface area contributed by atoms with Crippen molar-refractivity contribution in [2.45, 2.75) is 32.6 Å². The summed E-state index contributed by atoms with van der Waals surface area (Å²) in [5.74, 6) is -0.0789. The van der Waals surface area contributed by atoms with E-state index in [4.69, 9.17) is 4.74 Å². The predicted octanol–water partition coefficient (Wildman–Crippen LogP) is 1.67. The number of ether oxygens (including phenoxy) is 1. The number of rotatable bonds is 7. The van der Waals surface area contributed by atoms with Crippen LogP contribution in [-0.4, -0.2) is 38.1 Å². The lowest BCUT2D eigenvalue weighted by molar-refractivity contribution is -0.144. The van der Waals surface area contributed by atoms with Crippen LogP contribution >= 0.6 is 0 Å². The standard InChI is InChI=1S/C10H21NO2/c1-4-5-6-9-13-10(12)7-8-11(2)3/h4-9H2,1-3H3. The molecule has 3 nitrogen and oxygen atoms in total. The molecule has 0 aliphatic heterocycles. The maximum atomic E-state index is 11.1. The Bertz CT molecular complexity index is 135. The van der Waals surface area contributed by atoms with Crippen LogP contribution < -0.4 is 0 Å². The summed E-state index contributed by atoms with van der Waals surface area (Å²) in [5.41, 5.74) is 0. The molecule has 0 amide bonds. The highest BCUT2D eigenvalue weighted by Crippen LogP contribution is 1.96. The van der Waals surface area contributed by atoms with Gasteiger partial charge in [0.2, 0.25) is 0 Å². The lowest BCUT2D eigenvalue weighted by Crippen LogP contribution is -2.18. The van der Waals surface area contributed by atoms with E-state index in [0.29, 0.717) is 13.0 Å². The van der Waals surface area contributed by atoms with Crippen molar-refractivity contribution < 1.29 is 9.53 Å². The second-order valence-corrected chi connectivity index (χ2v) is 3.48. The number of hydrogen-bond acceptors (Lipinski definition) is 3. The number of unbranched alkanes of at least 4 members (excludes halogenated alkanes) is 2. The predicted molar refractivity (Wildman–Crippen MR) is 53.7 cm³/mol. The highest BCUT2D eigenvalue weighted by atomic mass is 16.5. The molecule has 0 aromatic rings. The lowest BCUT2D eigenvalue weighted by atomic mass is 10.3. The van der Waals surface area contributed by atoms with Gasteiger partial charge in [0.1, 0.15) is 0 Å². The van der Waals surface area contributed by atoms with Gasteiger partial charge in [-0.05, 0) is 20.5 Å². The van der Waals surface area contributed by atoms with Gasteiger partial charge < -0.3 is 9.64 Å². The van der Waals surface area contributed by atoms with Gasteiger partial charge in [-0.15, -0.1) is 0 Å². The van der Waals surface area contributed by atoms with Gasteiger partial charge in [0, 0.05) is 6.54 Å². The molecule has 0 aliphatic rings. The normalized spacial score (nSPS) is 10.5. The Hall–Kier alpha value is -0.570. The van der Waals surface area contributed by atoms with Crippen LogP contribution in [0.15, 0.2) is 0 Å². The smallest absolute Gasteiger partial charge is 0.307 e. The monoisotopic (exact) mass is 187 g/mol. The average molecular weight is 187 g/mol. The lowest BCUT2D eigenvalue weighted by Gasteiger charge is -2.08. The maximum absolute atomic E-state index is 11.1. The molecule has 0 saturated carbocycles. The molecular weight excluding hydrogens is 166 g/mol. The fraction of sp³-hybridized carbons (Fsp3) is 0.900. The average Bonchev–Trinajstić information content (AvgIpc) is 2.09. The van der Waals surface area contributed by atoms with E-state index in [1.54, 1.807) is 0 Å². The Kier molecular flexibility index (Phi) is 7.69. The zero-order chi connectivity index (χ0) is 10.1. The van der Waals surface area contributed by atoms with Crippen LogP contribution in [0.5, 0.6) is 0 Å². The van der Waals surface area contributed by atoms with Crippen LogP contribution in [0.1, 0.15) is 32.6 Å². The summed E-state index contributed by atoms with van der Waals surface area (Å²) < 4.78 is 5.03. The second-order valence-electron chi connectivity index (χ2n) is 3.48. The van der Waals surface area contributed by atoms with Crippen molar-refractivity contribution in [3.63, 3.8) is 0 Å². The first kappa shape index (κ1) is 12.4. The highest BCUT2D eigenvalue weighted by Gasteiger charge is 2.02. The van der Waals surface area contributed by atoms with Gasteiger partial charge in [0.15, 0.2) is 0 Å². The molecule has 3 heteroatoms. The van der Waals surface area contributed by atoms with Gasteiger partial charge in [-0.1, -0.05) is 19.8 Å². The molecule has 0 fully saturated rings. The highest BCUT2D eigenvalue weighted by molar-refractivity contribution is 5.69. The molecule has 0 aromatic heterocycles. The van der Waals surface area contributed by atoms with Gasteiger partial charge in [0.25, 0.3) is 0 Å². The van der Waals surface area contributed by atoms with Crippen molar-refractivity contribution in [1.29, 1.82) is 0 Å². The molecule has 78 valence electrons. The summed E-state index contributed by atoms with van der Waals surface area (Å²) in [7, 11) is 3.90. The maximum Gasteiger partial charge on any atom is 0.307 e. The van der Waals surface area contributed by atoms with E-state index in [1.165, 1.54) is 0 Å². The van der Waals surface area contributed by atoms with Crippen molar-refractivity contribution in [3.05, 3.63) is 0 Å². The Morgan fingerprint density at radius 3 is 2.54 bits per heavy atom. The fourth-order valence-corrected chi connectivity index (χ4v) is 0.925. The minimum Gasteiger partial charge on any atom is -0.466 e. The van der Waals surface area contributed by atoms with Crippen LogP contribution in [-0.2, 0) is 9.53 Å². The third-order valence-electron chi connectivity index (χ3n) is 1.77. The van der Waals surface area contributed by atoms with E-state index in [2.05, 4.69) is 6.92 Å². The number of nitrogens with zero attached hydrogens (tertiary/aromatic N) is 1. The Morgan fingerprint density at radius 1 is 1.31 bits per heavy atom. The molecule has 0 rings (SSSR count). The summed E-state index contributed by atoms with van der Waals surface area (Å²) in [6, 6.07) is 0. The minimum absolute atomic E-state index is 0.0789. The van der Waals surface area contributed by atoms with Crippen LogP contribution in [0.25, 0.3) is 0 Å². The zero-order valence-corrected chi connectivity index (χ0v) is 9.01. The van der Waals surface area contributed by atoms with Crippen molar-refractivity contribution in [1.82, 2.24) is 4.90 Å². The van der Waals surface area contributed by atoms with Crippen LogP contribution in [0.2, 0.25) is 0 Å². The molecule has 0 unspecified atom stereocenters. The summed E-state index contributed by atoms with van der Waals surface area (Å²) in [5, 5.41) is 0. The van der Waals surface area contributed by atoms with Gasteiger partial charge in [-0.2, -0.15) is 0 Å². The van der Waals surface area contributed by atoms with Crippen LogP contribution in [0, 0.1) is 0 Å². The van der Waals surface area contributed by atoms with E-state index in [1.807, 2.05) is 19.0 Å². The van der Waals surface area contributed by atoms with E-state index < -0.39 is 0 Å². The van der Waals surface area contributed by atoms with Crippen LogP contribution in [0.3, 0.4) is 0 Å². The SMILES string of the molecule is CCCCCOC(=O)CCN(C)C. The van der Waals surface area contributed by atoms with Crippen molar-refractivity contribution >= 4 is 5.97 Å². The molecule has 0 saturated heterocycles. The summed E-state index contributed by atoms with van der Waals surface area (Å²) >= 11 is 0. The zero-order valence-electron chi connectivity index (χ0n) is 9.01. The molecule has 0 atom stereocenters. The van der Waals surface area contributed by atoms with Crippen molar-refractivity contribution in [2.24, 2.45) is 0 Å². The molecule has 0 heterocycles. The largest absolute Gasteiger partial charge is 0.466 e. The van der Waals surface area contributed by atoms with Gasteiger partial charge in [0.05, 0.1) is 13.0 Å². The number of carbonyl (C=O) groups excluding carboxylic acids is 1. The first-order chi connectivity index (χ1) is 6.16. The second kappa shape index (κ2) is 8.05. The molecule has 0 aliphatic carbocycles. The van der Waals surface area contributed by atoms with Crippen LogP contribution in [0.4, 0.5) is 0 Å². The van der Waals surface area contributed by atoms with Gasteiger partial charge in [-0.25, -0.2) is 0 Å². The quantitative estimate of drug-likeness (QED) is 0.448. The van der Waals surface area contributed by atoms with E-state index >= 15 is 0 Å². The van der Waals surface area contributed by atoms with E-state index in [0.717, 1.165) is 25.8 Å². The molecule has 0 spiro atoms. The number of hydrogen-bond donors (Lipinski definition) is 0. The van der Waals surface area contributed by atoms with Gasteiger partial charge in [-0.3, -0.25) is 4.79 Å². The molecule has 0 N–H and O–H groups in total. The third-order valence-corrected chi connectivity index (χ3v) is 1.77. The number of esters is 1. The Labute approximate surface area is 81.1 Å². The number of carbonyl (C=O) groups is 1.